The lowest BCUT2D eigenvalue weighted by Gasteiger charge is -2.38. The number of hydrogen-bond donors (Lipinski definition) is 1. The van der Waals surface area contributed by atoms with Crippen molar-refractivity contribution < 1.29 is 23.9 Å². The molecule has 0 bridgehead atoms. The Morgan fingerprint density at radius 1 is 1.14 bits per heavy atom. The molecule has 22 heavy (non-hydrogen) atoms. The molecule has 0 rings (SSSR count). The van der Waals surface area contributed by atoms with Crippen molar-refractivity contribution in [2.75, 3.05) is 6.61 Å². The van der Waals surface area contributed by atoms with Gasteiger partial charge in [0, 0.05) is 0 Å². The Bertz CT molecular complexity index is 371. The summed E-state index contributed by atoms with van der Waals surface area (Å²) in [5, 5.41) is 8.99. The summed E-state index contributed by atoms with van der Waals surface area (Å²) in [5.74, 6) is -0.879. The molecule has 0 spiro atoms. The van der Waals surface area contributed by atoms with Crippen LogP contribution in [0.3, 0.4) is 0 Å². The van der Waals surface area contributed by atoms with Crippen LogP contribution >= 0.6 is 0 Å². The lowest BCUT2D eigenvalue weighted by molar-refractivity contribution is -0.147. The van der Waals surface area contributed by atoms with Crippen molar-refractivity contribution in [3.8, 4) is 0 Å². The molecule has 1 atom stereocenters. The average Bonchev–Trinajstić information content (AvgIpc) is 2.24. The normalized spacial score (nSPS) is 14.0. The predicted molar refractivity (Wildman–Crippen MR) is 89.4 cm³/mol. The van der Waals surface area contributed by atoms with Crippen LogP contribution in [0.5, 0.6) is 0 Å². The van der Waals surface area contributed by atoms with E-state index < -0.39 is 20.4 Å². The number of aliphatic carboxylic acids is 1. The van der Waals surface area contributed by atoms with Gasteiger partial charge in [0.15, 0.2) is 8.32 Å². The summed E-state index contributed by atoms with van der Waals surface area (Å²) in [6.45, 7) is 14.8. The standard InChI is InChI=1S/C16H32O5Si/c1-12(2)8-9-20-15(19)11-13(10-14(17)18)21-22(6,7)16(3,4)5/h12-13H,8-11H2,1-7H3,(H,17,18)/t13-/m0/s1. The van der Waals surface area contributed by atoms with Crippen molar-refractivity contribution in [2.24, 2.45) is 5.92 Å². The van der Waals surface area contributed by atoms with E-state index in [9.17, 15) is 9.59 Å². The van der Waals surface area contributed by atoms with Gasteiger partial charge in [-0.1, -0.05) is 34.6 Å². The molecule has 1 N–H and O–H groups in total. The van der Waals surface area contributed by atoms with Crippen LogP contribution in [0.1, 0.15) is 53.9 Å². The maximum absolute atomic E-state index is 11.9. The van der Waals surface area contributed by atoms with E-state index in [2.05, 4.69) is 34.6 Å². The van der Waals surface area contributed by atoms with Crippen molar-refractivity contribution >= 4 is 20.3 Å². The zero-order valence-corrected chi connectivity index (χ0v) is 16.1. The molecule has 0 aromatic carbocycles. The monoisotopic (exact) mass is 332 g/mol. The Labute approximate surface area is 135 Å². The van der Waals surface area contributed by atoms with Gasteiger partial charge in [-0.2, -0.15) is 0 Å². The summed E-state index contributed by atoms with van der Waals surface area (Å²) in [7, 11) is -2.12. The molecule has 0 aliphatic heterocycles. The number of ether oxygens (including phenoxy) is 1. The fourth-order valence-corrected chi connectivity index (χ4v) is 2.95. The molecule has 0 aromatic heterocycles. The number of carboxylic acid groups (broad SMARTS) is 1. The number of rotatable bonds is 9. The average molecular weight is 333 g/mol. The van der Waals surface area contributed by atoms with E-state index in [0.717, 1.165) is 6.42 Å². The first-order valence-corrected chi connectivity index (χ1v) is 10.8. The largest absolute Gasteiger partial charge is 0.481 e. The highest BCUT2D eigenvalue weighted by Crippen LogP contribution is 2.38. The molecule has 0 amide bonds. The molecule has 130 valence electrons. The molecule has 0 aliphatic carbocycles. The molecule has 0 radical (unpaired) electrons. The van der Waals surface area contributed by atoms with Crippen molar-refractivity contribution in [2.45, 2.75) is 78.1 Å². The molecule has 6 heteroatoms. The van der Waals surface area contributed by atoms with E-state index in [4.69, 9.17) is 14.3 Å². The van der Waals surface area contributed by atoms with Crippen LogP contribution < -0.4 is 0 Å². The van der Waals surface area contributed by atoms with Crippen molar-refractivity contribution in [1.29, 1.82) is 0 Å². The van der Waals surface area contributed by atoms with Gasteiger partial charge in [-0.3, -0.25) is 9.59 Å². The minimum absolute atomic E-state index is 0.00307. The van der Waals surface area contributed by atoms with Gasteiger partial charge in [-0.05, 0) is 30.5 Å². The smallest absolute Gasteiger partial charge is 0.308 e. The van der Waals surface area contributed by atoms with Gasteiger partial charge in [0.2, 0.25) is 0 Å². The third kappa shape index (κ3) is 8.53. The Hall–Kier alpha value is -0.883. The summed E-state index contributed by atoms with van der Waals surface area (Å²) in [4.78, 5) is 22.9. The van der Waals surface area contributed by atoms with Gasteiger partial charge in [0.25, 0.3) is 0 Å². The Balaban J connectivity index is 4.65. The van der Waals surface area contributed by atoms with Crippen LogP contribution in [0.2, 0.25) is 18.1 Å². The SMILES string of the molecule is CC(C)CCOC(=O)C[C@H](CC(=O)O)O[Si](C)(C)C(C)(C)C. The second-order valence-corrected chi connectivity index (χ2v) is 12.5. The van der Waals surface area contributed by atoms with Gasteiger partial charge in [0.1, 0.15) is 0 Å². The molecule has 5 nitrogen and oxygen atoms in total. The molecule has 0 saturated heterocycles. The summed E-state index contributed by atoms with van der Waals surface area (Å²) in [5.41, 5.74) is 0. The minimum Gasteiger partial charge on any atom is -0.481 e. The van der Waals surface area contributed by atoms with Gasteiger partial charge in [0.05, 0.1) is 25.6 Å². The third-order valence-corrected chi connectivity index (χ3v) is 8.56. The van der Waals surface area contributed by atoms with Crippen LogP contribution in [0.4, 0.5) is 0 Å². The van der Waals surface area contributed by atoms with Crippen molar-refractivity contribution in [3.05, 3.63) is 0 Å². The summed E-state index contributed by atoms with van der Waals surface area (Å²) >= 11 is 0. The number of hydrogen-bond acceptors (Lipinski definition) is 4. The molecular formula is C16H32O5Si. The molecule has 0 unspecified atom stereocenters. The summed E-state index contributed by atoms with van der Waals surface area (Å²) < 4.78 is 11.2. The molecule has 0 saturated carbocycles. The number of carbonyl (C=O) groups excluding carboxylic acids is 1. The predicted octanol–water partition coefficient (Wildman–Crippen LogP) is 3.83. The second kappa shape index (κ2) is 8.67. The fraction of sp³-hybridized carbons (Fsp3) is 0.875. The number of carboxylic acids is 1. The minimum atomic E-state index is -2.12. The van der Waals surface area contributed by atoms with Crippen LogP contribution in [0.15, 0.2) is 0 Å². The van der Waals surface area contributed by atoms with E-state index in [1.165, 1.54) is 0 Å². The van der Waals surface area contributed by atoms with Crippen LogP contribution in [0.25, 0.3) is 0 Å². The first kappa shape index (κ1) is 21.1. The molecule has 0 aliphatic rings. The first-order valence-electron chi connectivity index (χ1n) is 7.90. The zero-order valence-electron chi connectivity index (χ0n) is 15.1. The summed E-state index contributed by atoms with van der Waals surface area (Å²) in [6.07, 6.45) is 0.00569. The second-order valence-electron chi connectivity index (χ2n) is 7.71. The maximum Gasteiger partial charge on any atom is 0.308 e. The van der Waals surface area contributed by atoms with E-state index in [1.54, 1.807) is 0 Å². The molecular weight excluding hydrogens is 300 g/mol. The fourth-order valence-electron chi connectivity index (χ4n) is 1.60. The molecule has 0 heterocycles. The molecule has 0 aromatic rings. The molecule has 0 fully saturated rings. The van der Waals surface area contributed by atoms with Gasteiger partial charge < -0.3 is 14.3 Å². The quantitative estimate of drug-likeness (QED) is 0.513. The first-order chi connectivity index (χ1) is 9.85. The Morgan fingerprint density at radius 2 is 1.68 bits per heavy atom. The van der Waals surface area contributed by atoms with Gasteiger partial charge >= 0.3 is 11.9 Å². The van der Waals surface area contributed by atoms with Gasteiger partial charge in [-0.25, -0.2) is 0 Å². The van der Waals surface area contributed by atoms with E-state index in [-0.39, 0.29) is 23.8 Å². The van der Waals surface area contributed by atoms with Crippen molar-refractivity contribution in [1.82, 2.24) is 0 Å². The highest BCUT2D eigenvalue weighted by molar-refractivity contribution is 6.74. The lowest BCUT2D eigenvalue weighted by Crippen LogP contribution is -2.45. The third-order valence-electron chi connectivity index (χ3n) is 4.02. The summed E-state index contributed by atoms with van der Waals surface area (Å²) in [6, 6.07) is 0. The van der Waals surface area contributed by atoms with Crippen molar-refractivity contribution in [3.63, 3.8) is 0 Å². The van der Waals surface area contributed by atoms with Crippen LogP contribution in [-0.4, -0.2) is 38.1 Å². The Morgan fingerprint density at radius 3 is 2.09 bits per heavy atom. The highest BCUT2D eigenvalue weighted by Gasteiger charge is 2.40. The van der Waals surface area contributed by atoms with E-state index in [1.807, 2.05) is 13.1 Å². The highest BCUT2D eigenvalue weighted by atomic mass is 28.4. The number of esters is 1. The van der Waals surface area contributed by atoms with Crippen LogP contribution in [0, 0.1) is 5.92 Å². The van der Waals surface area contributed by atoms with Crippen LogP contribution in [-0.2, 0) is 18.8 Å². The maximum atomic E-state index is 11.9. The topological polar surface area (TPSA) is 72.8 Å². The Kier molecular flexibility index (Phi) is 8.32. The number of carbonyl (C=O) groups is 2. The lowest BCUT2D eigenvalue weighted by atomic mass is 10.1. The van der Waals surface area contributed by atoms with E-state index >= 15 is 0 Å². The van der Waals surface area contributed by atoms with E-state index in [0.29, 0.717) is 12.5 Å². The zero-order chi connectivity index (χ0) is 17.6. The van der Waals surface area contributed by atoms with Gasteiger partial charge in [-0.15, -0.1) is 0 Å².